The van der Waals surface area contributed by atoms with Gasteiger partial charge < -0.3 is 55.4 Å². The molecule has 5 aromatic carbocycles. The number of nitrogens with two attached hydrogens (primary N) is 1. The first-order chi connectivity index (χ1) is 32.3. The Bertz CT molecular complexity index is 2590. The van der Waals surface area contributed by atoms with Crippen molar-refractivity contribution >= 4 is 70.0 Å². The van der Waals surface area contributed by atoms with Crippen molar-refractivity contribution < 1.29 is 81.8 Å². The van der Waals surface area contributed by atoms with Crippen molar-refractivity contribution in [1.82, 2.24) is 0 Å². The minimum Gasteiger partial charge on any atom is -0.870 e. The summed E-state index contributed by atoms with van der Waals surface area (Å²) in [6, 6.07) is 20.9. The Labute approximate surface area is 437 Å². The standard InChI is InChI=1S/C22H26ClNO5.C21H24ClNO5.C9H11NO2.Li.H2O/c1-12(2)28-18-10-15(11-19(20(18)23)29-13(3)4)21(25)24-16-7-8-17(14(5)9-16)22(26)27-6;1-11(2)27-17-9-14(10-18(19(17)22)28-12(3)4)20(24)23-15-6-7-16(21(25)26)13(5)8-15;1-6-5-7(10)3-4-8(6)9(11)12-2;;/h7-13H,1-6H3,(H,24,25);6-12H,1-5H3,(H,23,24)(H,25,26);3-5H,10H2,1-2H3;;1H2/q;;;+1;/p-1. The molecule has 19 heteroatoms. The maximum absolute atomic E-state index is 12.8. The summed E-state index contributed by atoms with van der Waals surface area (Å²) in [6.45, 7) is 20.2. The molecule has 16 nitrogen and oxygen atoms in total. The number of methoxy groups -OCH3 is 2. The van der Waals surface area contributed by atoms with E-state index in [9.17, 15) is 24.0 Å². The summed E-state index contributed by atoms with van der Waals surface area (Å²) in [5, 5.41) is 15.3. The number of hydrogen-bond acceptors (Lipinski definition) is 13. The Morgan fingerprint density at radius 1 is 0.507 bits per heavy atom. The summed E-state index contributed by atoms with van der Waals surface area (Å²) in [4.78, 5) is 59.5. The molecule has 0 aromatic heterocycles. The van der Waals surface area contributed by atoms with E-state index in [0.717, 1.165) is 5.56 Å². The molecule has 0 saturated heterocycles. The molecule has 5 aromatic rings. The zero-order chi connectivity index (χ0) is 51.9. The molecular formula is C52H62Cl2LiN3O13. The Morgan fingerprint density at radius 3 is 1.07 bits per heavy atom. The molecule has 378 valence electrons. The number of aromatic carboxylic acids is 1. The first-order valence-electron chi connectivity index (χ1n) is 21.8. The smallest absolute Gasteiger partial charge is 0.870 e. The fourth-order valence-electron chi connectivity index (χ4n) is 6.26. The van der Waals surface area contributed by atoms with Crippen molar-refractivity contribution in [3.05, 3.63) is 133 Å². The first kappa shape index (κ1) is 62.6. The van der Waals surface area contributed by atoms with E-state index >= 15 is 0 Å². The van der Waals surface area contributed by atoms with Crippen molar-refractivity contribution in [1.29, 1.82) is 0 Å². The van der Waals surface area contributed by atoms with Gasteiger partial charge in [0.1, 0.15) is 33.0 Å². The van der Waals surface area contributed by atoms with E-state index in [0.29, 0.717) is 83.5 Å². The van der Waals surface area contributed by atoms with Crippen LogP contribution in [0.25, 0.3) is 0 Å². The molecule has 0 unspecified atom stereocenters. The van der Waals surface area contributed by atoms with Gasteiger partial charge in [0.25, 0.3) is 11.8 Å². The minimum absolute atomic E-state index is 0. The molecule has 0 saturated carbocycles. The van der Waals surface area contributed by atoms with Crippen molar-refractivity contribution in [2.75, 3.05) is 30.6 Å². The van der Waals surface area contributed by atoms with E-state index in [1.54, 1.807) is 86.6 Å². The summed E-state index contributed by atoms with van der Waals surface area (Å²) in [5.41, 5.74) is 11.1. The molecule has 0 fully saturated rings. The third-order valence-electron chi connectivity index (χ3n) is 9.25. The van der Waals surface area contributed by atoms with Crippen LogP contribution in [0.2, 0.25) is 10.0 Å². The summed E-state index contributed by atoms with van der Waals surface area (Å²) in [7, 11) is 2.68. The molecule has 0 aliphatic heterocycles. The second-order valence-electron chi connectivity index (χ2n) is 16.6. The third kappa shape index (κ3) is 19.0. The molecule has 6 N–H and O–H groups in total. The number of anilines is 3. The number of carbonyl (C=O) groups is 5. The number of benzene rings is 5. The zero-order valence-electron chi connectivity index (χ0n) is 42.5. The van der Waals surface area contributed by atoms with Gasteiger partial charge in [-0.15, -0.1) is 0 Å². The number of nitrogen functional groups attached to an aromatic ring is 1. The first-order valence-corrected chi connectivity index (χ1v) is 22.5. The number of carbonyl (C=O) groups excluding carboxylic acids is 4. The Morgan fingerprint density at radius 2 is 0.803 bits per heavy atom. The van der Waals surface area contributed by atoms with E-state index < -0.39 is 11.9 Å². The Balaban J connectivity index is 0.000000565. The quantitative estimate of drug-likeness (QED) is 0.0436. The number of carboxylic acid groups (broad SMARTS) is 1. The van der Waals surface area contributed by atoms with Gasteiger partial charge in [0.05, 0.1) is 55.3 Å². The number of nitrogens with one attached hydrogen (secondary N) is 2. The Hall–Kier alpha value is -6.41. The summed E-state index contributed by atoms with van der Waals surface area (Å²) >= 11 is 12.8. The van der Waals surface area contributed by atoms with Gasteiger partial charge in [0.2, 0.25) is 0 Å². The van der Waals surface area contributed by atoms with Crippen LogP contribution in [0.3, 0.4) is 0 Å². The van der Waals surface area contributed by atoms with Crippen LogP contribution in [0.1, 0.15) is 124 Å². The van der Waals surface area contributed by atoms with E-state index in [1.165, 1.54) is 20.3 Å². The van der Waals surface area contributed by atoms with Crippen LogP contribution < -0.4 is 54.2 Å². The van der Waals surface area contributed by atoms with Crippen LogP contribution in [0.15, 0.2) is 78.9 Å². The van der Waals surface area contributed by atoms with Gasteiger partial charge in [0.15, 0.2) is 0 Å². The number of aryl methyl sites for hydroxylation is 3. The Kier molecular flexibility index (Phi) is 25.6. The predicted octanol–water partition coefficient (Wildman–Crippen LogP) is 8.63. The number of halogens is 2. The normalized spacial score (nSPS) is 10.3. The molecule has 5 rings (SSSR count). The average molecular weight is 1010 g/mol. The van der Waals surface area contributed by atoms with Crippen LogP contribution in [0.4, 0.5) is 17.1 Å². The van der Waals surface area contributed by atoms with Crippen LogP contribution in [-0.2, 0) is 9.47 Å². The number of amides is 2. The van der Waals surface area contributed by atoms with Crippen LogP contribution >= 0.6 is 23.2 Å². The summed E-state index contributed by atoms with van der Waals surface area (Å²) in [5.74, 6) is -1.04. The van der Waals surface area contributed by atoms with Gasteiger partial charge in [-0.25, -0.2) is 14.4 Å². The van der Waals surface area contributed by atoms with Crippen molar-refractivity contribution in [2.45, 2.75) is 101 Å². The summed E-state index contributed by atoms with van der Waals surface area (Å²) < 4.78 is 32.2. The second kappa shape index (κ2) is 29.1. The molecule has 0 radical (unpaired) electrons. The fraction of sp³-hybridized carbons (Fsp3) is 0.327. The molecule has 0 atom stereocenters. The van der Waals surface area contributed by atoms with Crippen molar-refractivity contribution in [3.63, 3.8) is 0 Å². The molecular weight excluding hydrogens is 952 g/mol. The van der Waals surface area contributed by atoms with Crippen molar-refractivity contribution in [2.24, 2.45) is 0 Å². The molecule has 0 heterocycles. The number of esters is 2. The van der Waals surface area contributed by atoms with Crippen LogP contribution in [0, 0.1) is 20.8 Å². The maximum Gasteiger partial charge on any atom is 1.00 e. The third-order valence-corrected chi connectivity index (χ3v) is 9.99. The predicted molar refractivity (Wildman–Crippen MR) is 271 cm³/mol. The maximum atomic E-state index is 12.8. The molecule has 2 amide bonds. The van der Waals surface area contributed by atoms with Gasteiger partial charge in [-0.2, -0.15) is 0 Å². The van der Waals surface area contributed by atoms with Crippen molar-refractivity contribution in [3.8, 4) is 23.0 Å². The number of ether oxygens (including phenoxy) is 6. The minimum atomic E-state index is -1.01. The largest absolute Gasteiger partial charge is 1.00 e. The van der Waals surface area contributed by atoms with Gasteiger partial charge in [-0.05, 0) is 172 Å². The fourth-order valence-corrected chi connectivity index (χ4v) is 6.66. The molecule has 0 aliphatic rings. The van der Waals surface area contributed by atoms with E-state index in [2.05, 4.69) is 15.4 Å². The van der Waals surface area contributed by atoms with Gasteiger partial charge in [-0.1, -0.05) is 23.2 Å². The summed E-state index contributed by atoms with van der Waals surface area (Å²) in [6.07, 6.45) is -0.500. The van der Waals surface area contributed by atoms with E-state index in [1.807, 2.05) is 62.3 Å². The number of rotatable bonds is 15. The molecule has 71 heavy (non-hydrogen) atoms. The van der Waals surface area contributed by atoms with Gasteiger partial charge in [0, 0.05) is 28.2 Å². The van der Waals surface area contributed by atoms with E-state index in [-0.39, 0.29) is 72.1 Å². The molecule has 0 aliphatic carbocycles. The molecule has 0 bridgehead atoms. The van der Waals surface area contributed by atoms with Gasteiger partial charge >= 0.3 is 36.8 Å². The van der Waals surface area contributed by atoms with Crippen LogP contribution in [-0.4, -0.2) is 78.9 Å². The van der Waals surface area contributed by atoms with Gasteiger partial charge in [-0.3, -0.25) is 9.59 Å². The monoisotopic (exact) mass is 1010 g/mol. The average Bonchev–Trinajstić information content (AvgIpc) is 3.25. The topological polar surface area (TPSA) is 241 Å². The second-order valence-corrected chi connectivity index (χ2v) is 17.3. The zero-order valence-corrected chi connectivity index (χ0v) is 44.0. The number of hydrogen-bond donors (Lipinski definition) is 4. The van der Waals surface area contributed by atoms with Crippen LogP contribution in [0.5, 0.6) is 23.0 Å². The molecule has 0 spiro atoms. The number of carboxylic acids is 1. The SMILES string of the molecule is COC(=O)c1ccc(N)cc1C.COC(=O)c1ccc(NC(=O)c2cc(OC(C)C)c(Cl)c(OC(C)C)c2)cc1C.Cc1cc(NC(=O)c2cc(OC(C)C)c(Cl)c(OC(C)C)c2)ccc1C(=O)O.[Li+].[OH-]. The van der Waals surface area contributed by atoms with E-state index in [4.69, 9.17) is 57.7 Å².